The zero-order valence-electron chi connectivity index (χ0n) is 9.71. The molecule has 1 atom stereocenters. The normalized spacial score (nSPS) is 19.8. The van der Waals surface area contributed by atoms with Gasteiger partial charge in [-0.05, 0) is 6.92 Å². The van der Waals surface area contributed by atoms with Gasteiger partial charge < -0.3 is 0 Å². The third-order valence-electron chi connectivity index (χ3n) is 2.47. The fourth-order valence-corrected chi connectivity index (χ4v) is 2.65. The van der Waals surface area contributed by atoms with Gasteiger partial charge in [0, 0.05) is 25.1 Å². The molecule has 1 unspecified atom stereocenters. The summed E-state index contributed by atoms with van der Waals surface area (Å²) in [4.78, 5) is 32.7. The van der Waals surface area contributed by atoms with Crippen LogP contribution in [-0.2, 0) is 9.59 Å². The second-order valence-electron chi connectivity index (χ2n) is 3.96. The van der Waals surface area contributed by atoms with Crippen LogP contribution in [0.25, 0.3) is 0 Å². The van der Waals surface area contributed by atoms with E-state index in [1.165, 1.54) is 18.7 Å². The van der Waals surface area contributed by atoms with E-state index in [2.05, 4.69) is 9.97 Å². The van der Waals surface area contributed by atoms with Crippen molar-refractivity contribution in [2.24, 2.45) is 0 Å². The maximum Gasteiger partial charge on any atom is 0.229 e. The summed E-state index contributed by atoms with van der Waals surface area (Å²) in [6, 6.07) is 0. The quantitative estimate of drug-likeness (QED) is 0.789. The van der Waals surface area contributed by atoms with Crippen LogP contribution < -0.4 is 4.90 Å². The third-order valence-corrected chi connectivity index (χ3v) is 3.45. The van der Waals surface area contributed by atoms with Crippen molar-refractivity contribution in [1.82, 2.24) is 9.97 Å². The molecule has 1 aliphatic rings. The Bertz CT molecular complexity index is 447. The summed E-state index contributed by atoms with van der Waals surface area (Å²) in [6.07, 6.45) is 3.61. The third kappa shape index (κ3) is 2.82. The van der Waals surface area contributed by atoms with Crippen molar-refractivity contribution in [3.05, 3.63) is 18.1 Å². The number of carbonyl (C=O) groups is 2. The van der Waals surface area contributed by atoms with E-state index in [1.54, 1.807) is 17.3 Å². The predicted octanol–water partition coefficient (Wildman–Crippen LogP) is 1.17. The lowest BCUT2D eigenvalue weighted by Crippen LogP contribution is -2.26. The van der Waals surface area contributed by atoms with E-state index in [4.69, 9.17) is 0 Å². The zero-order chi connectivity index (χ0) is 12.4. The lowest BCUT2D eigenvalue weighted by Gasteiger charge is -2.14. The van der Waals surface area contributed by atoms with Gasteiger partial charge in [0.25, 0.3) is 0 Å². The van der Waals surface area contributed by atoms with Gasteiger partial charge in [-0.25, -0.2) is 4.98 Å². The summed E-state index contributed by atoms with van der Waals surface area (Å²) in [5, 5.41) is 0.0720. The number of aryl methyl sites for hydroxylation is 1. The van der Waals surface area contributed by atoms with Crippen LogP contribution in [0.1, 0.15) is 19.0 Å². The minimum Gasteiger partial charge on any atom is -0.294 e. The van der Waals surface area contributed by atoms with E-state index in [0.29, 0.717) is 18.8 Å². The smallest absolute Gasteiger partial charge is 0.229 e. The molecule has 0 radical (unpaired) electrons. The van der Waals surface area contributed by atoms with Gasteiger partial charge in [0.05, 0.1) is 18.1 Å². The molecule has 17 heavy (non-hydrogen) atoms. The largest absolute Gasteiger partial charge is 0.294 e. The van der Waals surface area contributed by atoms with E-state index in [1.807, 2.05) is 6.92 Å². The van der Waals surface area contributed by atoms with Gasteiger partial charge in [0.1, 0.15) is 0 Å². The molecule has 90 valence electrons. The van der Waals surface area contributed by atoms with Crippen LogP contribution in [0.4, 0.5) is 5.82 Å². The van der Waals surface area contributed by atoms with Crippen molar-refractivity contribution in [2.75, 3.05) is 11.4 Å². The van der Waals surface area contributed by atoms with Crippen molar-refractivity contribution in [2.45, 2.75) is 25.5 Å². The summed E-state index contributed by atoms with van der Waals surface area (Å²) in [6.45, 7) is 3.89. The number of thioether (sulfide) groups is 1. The molecular formula is C11H13N3O2S. The molecule has 1 fully saturated rings. The zero-order valence-corrected chi connectivity index (χ0v) is 10.5. The van der Waals surface area contributed by atoms with Gasteiger partial charge in [-0.1, -0.05) is 11.8 Å². The van der Waals surface area contributed by atoms with Crippen molar-refractivity contribution in [3.63, 3.8) is 0 Å². The average Bonchev–Trinajstić information content (AvgIpc) is 2.59. The monoisotopic (exact) mass is 251 g/mol. The molecule has 1 amide bonds. The number of carbonyl (C=O) groups excluding carboxylic acids is 2. The van der Waals surface area contributed by atoms with Crippen LogP contribution in [0.3, 0.4) is 0 Å². The fraction of sp³-hybridized carbons (Fsp3) is 0.455. The fourth-order valence-electron chi connectivity index (χ4n) is 1.74. The van der Waals surface area contributed by atoms with E-state index < -0.39 is 0 Å². The van der Waals surface area contributed by atoms with Crippen LogP contribution in [0, 0.1) is 6.92 Å². The highest BCUT2D eigenvalue weighted by molar-refractivity contribution is 8.14. The number of nitrogens with zero attached hydrogens (tertiary/aromatic N) is 3. The molecule has 1 aromatic heterocycles. The highest BCUT2D eigenvalue weighted by atomic mass is 32.2. The molecule has 1 saturated heterocycles. The van der Waals surface area contributed by atoms with Crippen molar-refractivity contribution in [1.29, 1.82) is 0 Å². The Labute approximate surface area is 104 Å². The second kappa shape index (κ2) is 4.83. The lowest BCUT2D eigenvalue weighted by molar-refractivity contribution is -0.117. The number of anilines is 1. The molecule has 1 aromatic rings. The maximum atomic E-state index is 11.8. The Morgan fingerprint density at radius 1 is 1.47 bits per heavy atom. The Morgan fingerprint density at radius 2 is 2.24 bits per heavy atom. The molecule has 0 aromatic carbocycles. The van der Waals surface area contributed by atoms with Gasteiger partial charge in [-0.2, -0.15) is 0 Å². The molecule has 1 aliphatic heterocycles. The number of hydrogen-bond acceptors (Lipinski definition) is 5. The van der Waals surface area contributed by atoms with E-state index >= 15 is 0 Å². The Kier molecular flexibility index (Phi) is 3.42. The van der Waals surface area contributed by atoms with Crippen LogP contribution in [0.2, 0.25) is 0 Å². The molecule has 0 bridgehead atoms. The molecule has 6 heteroatoms. The number of rotatable bonds is 2. The maximum absolute atomic E-state index is 11.8. The molecule has 0 saturated carbocycles. The highest BCUT2D eigenvalue weighted by Gasteiger charge is 2.32. The Hall–Kier alpha value is -1.43. The molecule has 0 spiro atoms. The van der Waals surface area contributed by atoms with Gasteiger partial charge in [0.2, 0.25) is 5.91 Å². The van der Waals surface area contributed by atoms with Gasteiger partial charge >= 0.3 is 0 Å². The van der Waals surface area contributed by atoms with Crippen LogP contribution in [0.5, 0.6) is 0 Å². The average molecular weight is 251 g/mol. The summed E-state index contributed by atoms with van der Waals surface area (Å²) >= 11 is 1.22. The molecule has 0 aliphatic carbocycles. The first kappa shape index (κ1) is 12.0. The Morgan fingerprint density at radius 3 is 2.82 bits per heavy atom. The minimum absolute atomic E-state index is 0.00176. The summed E-state index contributed by atoms with van der Waals surface area (Å²) in [5.41, 5.74) is 0.815. The molecule has 0 N–H and O–H groups in total. The molecular weight excluding hydrogens is 238 g/mol. The van der Waals surface area contributed by atoms with Crippen LogP contribution in [-0.4, -0.2) is 32.8 Å². The first-order chi connectivity index (χ1) is 8.06. The number of hydrogen-bond donors (Lipinski definition) is 0. The van der Waals surface area contributed by atoms with E-state index in [9.17, 15) is 9.59 Å². The predicted molar refractivity (Wildman–Crippen MR) is 65.8 cm³/mol. The molecule has 2 heterocycles. The highest BCUT2D eigenvalue weighted by Crippen LogP contribution is 2.27. The van der Waals surface area contributed by atoms with Gasteiger partial charge in [0.15, 0.2) is 10.9 Å². The van der Waals surface area contributed by atoms with E-state index in [-0.39, 0.29) is 16.3 Å². The second-order valence-corrected chi connectivity index (χ2v) is 5.43. The van der Waals surface area contributed by atoms with Crippen LogP contribution >= 0.6 is 11.8 Å². The number of amides is 1. The van der Waals surface area contributed by atoms with Crippen molar-refractivity contribution < 1.29 is 9.59 Å². The summed E-state index contributed by atoms with van der Waals surface area (Å²) < 4.78 is 0. The number of aromatic nitrogens is 2. The first-order valence-corrected chi connectivity index (χ1v) is 6.20. The molecule has 2 rings (SSSR count). The van der Waals surface area contributed by atoms with Gasteiger partial charge in [-0.3, -0.25) is 19.5 Å². The minimum atomic E-state index is 0.00176. The first-order valence-electron chi connectivity index (χ1n) is 5.32. The lowest BCUT2D eigenvalue weighted by atomic mass is 10.4. The molecule has 5 nitrogen and oxygen atoms in total. The topological polar surface area (TPSA) is 63.2 Å². The SMILES string of the molecule is CC(=O)SC1CC(=O)N(c2cnc(C)cn2)C1. The standard InChI is InChI=1S/C11H13N3O2S/c1-7-4-13-10(5-12-7)14-6-9(3-11(14)16)17-8(2)15/h4-5,9H,3,6H2,1-2H3. The summed E-state index contributed by atoms with van der Waals surface area (Å²) in [7, 11) is 0. The summed E-state index contributed by atoms with van der Waals surface area (Å²) in [5.74, 6) is 0.564. The van der Waals surface area contributed by atoms with E-state index in [0.717, 1.165) is 5.69 Å². The van der Waals surface area contributed by atoms with Crippen LogP contribution in [0.15, 0.2) is 12.4 Å². The van der Waals surface area contributed by atoms with Crippen molar-refractivity contribution >= 4 is 28.6 Å². The Balaban J connectivity index is 2.10. The van der Waals surface area contributed by atoms with Gasteiger partial charge in [-0.15, -0.1) is 0 Å². The van der Waals surface area contributed by atoms with Crippen molar-refractivity contribution in [3.8, 4) is 0 Å².